The van der Waals surface area contributed by atoms with Gasteiger partial charge in [-0.25, -0.2) is 0 Å². The lowest BCUT2D eigenvalue weighted by Crippen LogP contribution is -2.36. The Hall–Kier alpha value is -1.75. The van der Waals surface area contributed by atoms with Crippen LogP contribution in [-0.4, -0.2) is 30.8 Å². The van der Waals surface area contributed by atoms with E-state index in [1.165, 1.54) is 7.11 Å². The summed E-state index contributed by atoms with van der Waals surface area (Å²) in [5.74, 6) is 0.221. The average molecular weight is 238 g/mol. The summed E-state index contributed by atoms with van der Waals surface area (Å²) in [7, 11) is 1.50. The van der Waals surface area contributed by atoms with Crippen LogP contribution in [0.4, 0.5) is 5.69 Å². The molecule has 0 saturated heterocycles. The van der Waals surface area contributed by atoms with Crippen LogP contribution in [0.2, 0.25) is 0 Å². The number of hydrogen-bond donors (Lipinski definition) is 3. The molecule has 0 aliphatic heterocycles. The monoisotopic (exact) mass is 238 g/mol. The van der Waals surface area contributed by atoms with Crippen LogP contribution in [0, 0.1) is 0 Å². The maximum absolute atomic E-state index is 11.8. The van der Waals surface area contributed by atoms with Gasteiger partial charge in [0.25, 0.3) is 5.91 Å². The molecule has 0 aliphatic carbocycles. The third-order valence-corrected chi connectivity index (χ3v) is 2.54. The van der Waals surface area contributed by atoms with Crippen LogP contribution in [0.25, 0.3) is 0 Å². The highest BCUT2D eigenvalue weighted by Crippen LogP contribution is 2.22. The molecule has 0 spiro atoms. The molecule has 1 atom stereocenters. The molecular weight excluding hydrogens is 220 g/mol. The maximum Gasteiger partial charge on any atom is 0.251 e. The quantitative estimate of drug-likeness (QED) is 0.662. The molecule has 17 heavy (non-hydrogen) atoms. The van der Waals surface area contributed by atoms with Crippen LogP contribution in [-0.2, 0) is 0 Å². The fourth-order valence-corrected chi connectivity index (χ4v) is 1.40. The van der Waals surface area contributed by atoms with E-state index >= 15 is 0 Å². The van der Waals surface area contributed by atoms with Crippen molar-refractivity contribution in [3.8, 4) is 5.75 Å². The molecule has 1 rings (SSSR count). The Balaban J connectivity index is 2.82. The number of ether oxygens (including phenoxy) is 1. The van der Waals surface area contributed by atoms with Gasteiger partial charge in [-0.05, 0) is 24.6 Å². The number of benzene rings is 1. The van der Waals surface area contributed by atoms with Crippen molar-refractivity contribution >= 4 is 11.6 Å². The summed E-state index contributed by atoms with van der Waals surface area (Å²) in [5.41, 5.74) is 6.60. The summed E-state index contributed by atoms with van der Waals surface area (Å²) in [6.07, 6.45) is 0.675. The molecular formula is C12H18N2O3. The molecule has 1 aromatic carbocycles. The summed E-state index contributed by atoms with van der Waals surface area (Å²) < 4.78 is 5.04. The molecule has 4 N–H and O–H groups in total. The number of carbonyl (C=O) groups is 1. The zero-order chi connectivity index (χ0) is 12.8. The second-order valence-electron chi connectivity index (χ2n) is 3.72. The number of amides is 1. The van der Waals surface area contributed by atoms with Crippen molar-refractivity contribution in [1.29, 1.82) is 0 Å². The van der Waals surface area contributed by atoms with Crippen LogP contribution in [0.3, 0.4) is 0 Å². The van der Waals surface area contributed by atoms with Gasteiger partial charge >= 0.3 is 0 Å². The summed E-state index contributed by atoms with van der Waals surface area (Å²) >= 11 is 0. The number of aliphatic hydroxyl groups excluding tert-OH is 1. The molecule has 5 heteroatoms. The largest absolute Gasteiger partial charge is 0.495 e. The summed E-state index contributed by atoms with van der Waals surface area (Å²) in [6, 6.07) is 4.59. The van der Waals surface area contributed by atoms with Gasteiger partial charge in [0.2, 0.25) is 0 Å². The molecule has 1 aromatic rings. The molecule has 0 heterocycles. The number of nitrogen functional groups attached to an aromatic ring is 1. The lowest BCUT2D eigenvalue weighted by Gasteiger charge is -2.14. The lowest BCUT2D eigenvalue weighted by atomic mass is 10.1. The number of anilines is 1. The third-order valence-electron chi connectivity index (χ3n) is 2.54. The zero-order valence-corrected chi connectivity index (χ0v) is 10.1. The number of nitrogens with one attached hydrogen (secondary N) is 1. The second-order valence-corrected chi connectivity index (χ2v) is 3.72. The van der Waals surface area contributed by atoms with Crippen molar-refractivity contribution < 1.29 is 14.6 Å². The molecule has 0 fully saturated rings. The van der Waals surface area contributed by atoms with Gasteiger partial charge in [-0.3, -0.25) is 4.79 Å². The van der Waals surface area contributed by atoms with E-state index in [4.69, 9.17) is 15.6 Å². The lowest BCUT2D eigenvalue weighted by molar-refractivity contribution is 0.0914. The van der Waals surface area contributed by atoms with E-state index in [1.807, 2.05) is 6.92 Å². The molecule has 0 saturated carbocycles. The highest BCUT2D eigenvalue weighted by atomic mass is 16.5. The van der Waals surface area contributed by atoms with E-state index in [0.717, 1.165) is 0 Å². The molecule has 0 aliphatic rings. The van der Waals surface area contributed by atoms with Crippen LogP contribution in [0.5, 0.6) is 5.75 Å². The standard InChI is InChI=1S/C12H18N2O3/c1-3-9(7-15)14-12(16)8-4-5-10(13)11(6-8)17-2/h4-6,9,15H,3,7,13H2,1-2H3,(H,14,16)/t9-/m0/s1. The normalized spacial score (nSPS) is 11.9. The predicted molar refractivity (Wildman–Crippen MR) is 66.0 cm³/mol. The Morgan fingerprint density at radius 3 is 2.82 bits per heavy atom. The zero-order valence-electron chi connectivity index (χ0n) is 10.1. The molecule has 0 aromatic heterocycles. The van der Waals surface area contributed by atoms with Crippen LogP contribution in [0.1, 0.15) is 23.7 Å². The number of nitrogens with two attached hydrogens (primary N) is 1. The first-order valence-corrected chi connectivity index (χ1v) is 5.47. The highest BCUT2D eigenvalue weighted by Gasteiger charge is 2.12. The van der Waals surface area contributed by atoms with Crippen LogP contribution in [0.15, 0.2) is 18.2 Å². The molecule has 94 valence electrons. The smallest absolute Gasteiger partial charge is 0.251 e. The van der Waals surface area contributed by atoms with Gasteiger partial charge in [-0.1, -0.05) is 6.92 Å². The Labute approximate surface area is 101 Å². The summed E-state index contributed by atoms with van der Waals surface area (Å²) in [4.78, 5) is 11.8. The molecule has 0 bridgehead atoms. The van der Waals surface area contributed by atoms with E-state index in [2.05, 4.69) is 5.32 Å². The summed E-state index contributed by atoms with van der Waals surface area (Å²) in [5, 5.41) is 11.7. The molecule has 5 nitrogen and oxygen atoms in total. The highest BCUT2D eigenvalue weighted by molar-refractivity contribution is 5.95. The Morgan fingerprint density at radius 2 is 2.29 bits per heavy atom. The van der Waals surface area contributed by atoms with Gasteiger partial charge in [-0.15, -0.1) is 0 Å². The fraction of sp³-hybridized carbons (Fsp3) is 0.417. The first-order chi connectivity index (χ1) is 8.12. The maximum atomic E-state index is 11.8. The van der Waals surface area contributed by atoms with E-state index < -0.39 is 0 Å². The van der Waals surface area contributed by atoms with Gasteiger partial charge in [0.1, 0.15) is 5.75 Å². The van der Waals surface area contributed by atoms with Crippen molar-refractivity contribution in [2.45, 2.75) is 19.4 Å². The van der Waals surface area contributed by atoms with Crippen molar-refractivity contribution in [1.82, 2.24) is 5.32 Å². The topological polar surface area (TPSA) is 84.6 Å². The Kier molecular flexibility index (Phi) is 4.78. The van der Waals surface area contributed by atoms with E-state index in [-0.39, 0.29) is 18.6 Å². The second kappa shape index (κ2) is 6.10. The molecule has 1 amide bonds. The van der Waals surface area contributed by atoms with E-state index in [1.54, 1.807) is 18.2 Å². The van der Waals surface area contributed by atoms with Crippen LogP contribution < -0.4 is 15.8 Å². The number of hydrogen-bond acceptors (Lipinski definition) is 4. The number of aliphatic hydroxyl groups is 1. The molecule has 0 unspecified atom stereocenters. The van der Waals surface area contributed by atoms with Gasteiger partial charge in [-0.2, -0.15) is 0 Å². The van der Waals surface area contributed by atoms with Crippen molar-refractivity contribution in [3.05, 3.63) is 23.8 Å². The van der Waals surface area contributed by atoms with E-state index in [0.29, 0.717) is 23.4 Å². The van der Waals surface area contributed by atoms with Gasteiger partial charge in [0.15, 0.2) is 0 Å². The van der Waals surface area contributed by atoms with Gasteiger partial charge in [0.05, 0.1) is 25.4 Å². The number of methoxy groups -OCH3 is 1. The SMILES string of the molecule is CC[C@@H](CO)NC(=O)c1ccc(N)c(OC)c1. The van der Waals surface area contributed by atoms with Crippen molar-refractivity contribution in [2.24, 2.45) is 0 Å². The molecule has 0 radical (unpaired) electrons. The Bertz CT molecular complexity index is 389. The first-order valence-electron chi connectivity index (χ1n) is 5.47. The van der Waals surface area contributed by atoms with Gasteiger partial charge in [0, 0.05) is 5.56 Å². The third kappa shape index (κ3) is 3.35. The summed E-state index contributed by atoms with van der Waals surface area (Å²) in [6.45, 7) is 1.82. The number of rotatable bonds is 5. The van der Waals surface area contributed by atoms with Crippen molar-refractivity contribution in [2.75, 3.05) is 19.5 Å². The number of carbonyl (C=O) groups excluding carboxylic acids is 1. The van der Waals surface area contributed by atoms with Gasteiger partial charge < -0.3 is 20.9 Å². The predicted octanol–water partition coefficient (Wildman–Crippen LogP) is 0.778. The van der Waals surface area contributed by atoms with Crippen molar-refractivity contribution in [3.63, 3.8) is 0 Å². The minimum atomic E-state index is -0.246. The Morgan fingerprint density at radius 1 is 1.59 bits per heavy atom. The average Bonchev–Trinajstić information content (AvgIpc) is 2.36. The van der Waals surface area contributed by atoms with E-state index in [9.17, 15) is 4.79 Å². The minimum absolute atomic E-state index is 0.0751. The first kappa shape index (κ1) is 13.3. The van der Waals surface area contributed by atoms with Crippen LogP contribution >= 0.6 is 0 Å². The minimum Gasteiger partial charge on any atom is -0.495 e. The fourth-order valence-electron chi connectivity index (χ4n) is 1.40.